The van der Waals surface area contributed by atoms with Gasteiger partial charge in [-0.15, -0.1) is 12.4 Å². The molecule has 2 aliphatic heterocycles. The number of hydrogen-bond acceptors (Lipinski definition) is 6. The number of halogens is 3. The van der Waals surface area contributed by atoms with Crippen LogP contribution in [0.25, 0.3) is 0 Å². The largest absolute Gasteiger partial charge is 0.372 e. The summed E-state index contributed by atoms with van der Waals surface area (Å²) in [4.78, 5) is 24.9. The number of carbonyl (C=O) groups excluding carboxylic acids is 1. The summed E-state index contributed by atoms with van der Waals surface area (Å²) in [6.45, 7) is 5.88. The summed E-state index contributed by atoms with van der Waals surface area (Å²) in [5, 5.41) is 12.9. The number of amides is 1. The number of nitrogens with one attached hydrogen (secondary N) is 2. The van der Waals surface area contributed by atoms with E-state index in [4.69, 9.17) is 27.9 Å². The molecule has 0 spiro atoms. The highest BCUT2D eigenvalue weighted by Gasteiger charge is 2.29. The first kappa shape index (κ1) is 24.7. The van der Waals surface area contributed by atoms with Crippen LogP contribution in [0, 0.1) is 19.8 Å². The molecule has 1 saturated heterocycles. The Labute approximate surface area is 201 Å². The number of rotatable bonds is 4. The normalized spacial score (nSPS) is 20.9. The molecule has 0 aliphatic carbocycles. The van der Waals surface area contributed by atoms with E-state index in [1.165, 1.54) is 4.68 Å². The average Bonchev–Trinajstić information content (AvgIpc) is 3.02. The molecule has 1 aromatic heterocycles. The maximum absolute atomic E-state index is 13.3. The second-order valence-electron chi connectivity index (χ2n) is 7.77. The molecular weight excluding hydrogens is 477 g/mol. The zero-order chi connectivity index (χ0) is 22.1. The van der Waals surface area contributed by atoms with Gasteiger partial charge < -0.3 is 10.1 Å². The molecule has 1 fully saturated rings. The first-order valence-electron chi connectivity index (χ1n) is 10.1. The summed E-state index contributed by atoms with van der Waals surface area (Å²) in [6, 6.07) is 5.45. The number of aromatic nitrogens is 2. The average molecular weight is 501 g/mol. The number of nitrogens with zero attached hydrogens (tertiary/aromatic N) is 3. The minimum Gasteiger partial charge on any atom is -0.372 e. The second kappa shape index (κ2) is 10.3. The maximum atomic E-state index is 13.3. The molecule has 2 atom stereocenters. The molecule has 2 aromatic rings. The van der Waals surface area contributed by atoms with Crippen LogP contribution in [0.2, 0.25) is 10.0 Å². The maximum Gasteiger partial charge on any atom is 0.276 e. The lowest BCUT2D eigenvalue weighted by molar-refractivity contribution is -0.119. The molecule has 0 bridgehead atoms. The molecule has 2 N–H and O–H groups in total. The highest BCUT2D eigenvalue weighted by molar-refractivity contribution is 6.42. The van der Waals surface area contributed by atoms with Crippen LogP contribution >= 0.6 is 35.6 Å². The SMILES string of the molecule is Cc1nn(C[C@@H]2CNCCO[C@H]2c2ccc(Cl)c(Cl)c2)c(=O)c(C2=NNC(=O)C2)c1C.Cl. The van der Waals surface area contributed by atoms with Gasteiger partial charge in [-0.25, -0.2) is 10.1 Å². The molecule has 2 aliphatic rings. The van der Waals surface area contributed by atoms with E-state index in [1.807, 2.05) is 19.9 Å². The van der Waals surface area contributed by atoms with E-state index >= 15 is 0 Å². The highest BCUT2D eigenvalue weighted by atomic mass is 35.5. The summed E-state index contributed by atoms with van der Waals surface area (Å²) >= 11 is 12.3. The Balaban J connectivity index is 0.00000289. The lowest BCUT2D eigenvalue weighted by Crippen LogP contribution is -2.36. The molecule has 32 heavy (non-hydrogen) atoms. The van der Waals surface area contributed by atoms with Crippen LogP contribution in [0.5, 0.6) is 0 Å². The van der Waals surface area contributed by atoms with Gasteiger partial charge in [-0.1, -0.05) is 29.3 Å². The minimum absolute atomic E-state index is 0. The van der Waals surface area contributed by atoms with Crippen molar-refractivity contribution in [3.63, 3.8) is 0 Å². The molecule has 11 heteroatoms. The molecule has 0 unspecified atom stereocenters. The molecule has 1 amide bonds. The third-order valence-electron chi connectivity index (χ3n) is 5.66. The van der Waals surface area contributed by atoms with Crippen LogP contribution in [0.1, 0.15) is 34.9 Å². The Kier molecular flexibility index (Phi) is 7.95. The molecule has 3 heterocycles. The first-order valence-corrected chi connectivity index (χ1v) is 10.8. The standard InChI is InChI=1S/C21H23Cl2N5O3.ClH/c1-11-12(2)27-28(21(30)19(11)17-8-18(29)26-25-17)10-14-9-24-5-6-31-20(14)13-3-4-15(22)16(23)7-13;/h3-4,7,14,20,24H,5-6,8-10H2,1-2H3,(H,26,29);1H/t14-,20-;/m0./s1. The Morgan fingerprint density at radius 2 is 2.00 bits per heavy atom. The van der Waals surface area contributed by atoms with Crippen molar-refractivity contribution in [2.45, 2.75) is 32.9 Å². The van der Waals surface area contributed by atoms with Gasteiger partial charge in [0.25, 0.3) is 5.56 Å². The van der Waals surface area contributed by atoms with Crippen LogP contribution in [0.4, 0.5) is 0 Å². The smallest absolute Gasteiger partial charge is 0.276 e. The van der Waals surface area contributed by atoms with E-state index < -0.39 is 0 Å². The topological polar surface area (TPSA) is 97.6 Å². The van der Waals surface area contributed by atoms with E-state index in [1.54, 1.807) is 12.1 Å². The van der Waals surface area contributed by atoms with Gasteiger partial charge in [-0.2, -0.15) is 10.2 Å². The second-order valence-corrected chi connectivity index (χ2v) is 8.59. The van der Waals surface area contributed by atoms with E-state index in [2.05, 4.69) is 20.9 Å². The van der Waals surface area contributed by atoms with Crippen LogP contribution in [-0.4, -0.2) is 41.1 Å². The van der Waals surface area contributed by atoms with E-state index in [0.29, 0.717) is 53.3 Å². The zero-order valence-corrected chi connectivity index (χ0v) is 20.0. The molecule has 0 radical (unpaired) electrons. The fourth-order valence-corrected chi connectivity index (χ4v) is 4.28. The van der Waals surface area contributed by atoms with Crippen LogP contribution in [0.3, 0.4) is 0 Å². The van der Waals surface area contributed by atoms with Gasteiger partial charge in [0.2, 0.25) is 5.91 Å². The van der Waals surface area contributed by atoms with Gasteiger partial charge in [0.05, 0.1) is 52.7 Å². The molecule has 172 valence electrons. The Morgan fingerprint density at radius 3 is 2.69 bits per heavy atom. The van der Waals surface area contributed by atoms with Crippen molar-refractivity contribution in [2.24, 2.45) is 11.0 Å². The highest BCUT2D eigenvalue weighted by Crippen LogP contribution is 2.32. The molecule has 1 aromatic carbocycles. The zero-order valence-electron chi connectivity index (χ0n) is 17.7. The lowest BCUT2D eigenvalue weighted by Gasteiger charge is -2.26. The van der Waals surface area contributed by atoms with Crippen molar-refractivity contribution in [3.8, 4) is 0 Å². The van der Waals surface area contributed by atoms with Gasteiger partial charge in [0.1, 0.15) is 0 Å². The number of benzene rings is 1. The van der Waals surface area contributed by atoms with E-state index in [9.17, 15) is 9.59 Å². The first-order chi connectivity index (χ1) is 14.8. The predicted octanol–water partition coefficient (Wildman–Crippen LogP) is 2.79. The summed E-state index contributed by atoms with van der Waals surface area (Å²) in [6.07, 6.45) is -0.199. The minimum atomic E-state index is -0.282. The summed E-state index contributed by atoms with van der Waals surface area (Å²) in [5.74, 6) is -0.305. The Bertz CT molecular complexity index is 1120. The molecule has 0 saturated carbocycles. The van der Waals surface area contributed by atoms with Crippen LogP contribution in [-0.2, 0) is 16.1 Å². The van der Waals surface area contributed by atoms with Crippen molar-refractivity contribution in [2.75, 3.05) is 19.7 Å². The van der Waals surface area contributed by atoms with Crippen LogP contribution < -0.4 is 16.3 Å². The van der Waals surface area contributed by atoms with Crippen molar-refractivity contribution < 1.29 is 9.53 Å². The Hall–Kier alpha value is -1.97. The van der Waals surface area contributed by atoms with E-state index in [-0.39, 0.29) is 42.3 Å². The van der Waals surface area contributed by atoms with Gasteiger partial charge in [0.15, 0.2) is 0 Å². The number of aryl methyl sites for hydroxylation is 1. The molecule has 8 nitrogen and oxygen atoms in total. The Morgan fingerprint density at radius 1 is 1.22 bits per heavy atom. The van der Waals surface area contributed by atoms with Gasteiger partial charge in [0, 0.05) is 19.0 Å². The summed E-state index contributed by atoms with van der Waals surface area (Å²) in [7, 11) is 0. The third kappa shape index (κ3) is 5.00. The summed E-state index contributed by atoms with van der Waals surface area (Å²) < 4.78 is 7.57. The quantitative estimate of drug-likeness (QED) is 0.673. The van der Waals surface area contributed by atoms with Crippen molar-refractivity contribution in [1.29, 1.82) is 0 Å². The van der Waals surface area contributed by atoms with Crippen molar-refractivity contribution >= 4 is 47.2 Å². The fraction of sp³-hybridized carbons (Fsp3) is 0.429. The monoisotopic (exact) mass is 499 g/mol. The van der Waals surface area contributed by atoms with Gasteiger partial charge >= 0.3 is 0 Å². The van der Waals surface area contributed by atoms with Crippen molar-refractivity contribution in [1.82, 2.24) is 20.5 Å². The number of carbonyl (C=O) groups is 1. The third-order valence-corrected chi connectivity index (χ3v) is 6.40. The van der Waals surface area contributed by atoms with Crippen LogP contribution in [0.15, 0.2) is 28.1 Å². The van der Waals surface area contributed by atoms with E-state index in [0.717, 1.165) is 11.1 Å². The number of hydrazone groups is 1. The van der Waals surface area contributed by atoms with Gasteiger partial charge in [-0.05, 0) is 37.1 Å². The molecular formula is C21H24Cl3N5O3. The fourth-order valence-electron chi connectivity index (χ4n) is 3.97. The summed E-state index contributed by atoms with van der Waals surface area (Å²) in [5.41, 5.74) is 5.37. The predicted molar refractivity (Wildman–Crippen MR) is 126 cm³/mol. The van der Waals surface area contributed by atoms with Gasteiger partial charge in [-0.3, -0.25) is 9.59 Å². The number of hydrogen-bond donors (Lipinski definition) is 2. The number of ether oxygens (including phenoxy) is 1. The molecule has 4 rings (SSSR count). The van der Waals surface area contributed by atoms with Crippen molar-refractivity contribution in [3.05, 3.63) is 61.0 Å². The lowest BCUT2D eigenvalue weighted by atomic mass is 9.95.